The van der Waals surface area contributed by atoms with E-state index in [0.29, 0.717) is 46.1 Å². The van der Waals surface area contributed by atoms with E-state index in [1.54, 1.807) is 50.6 Å². The number of amides is 1. The maximum atomic E-state index is 13.2. The molecular formula is C29H30N2O7. The lowest BCUT2D eigenvalue weighted by Crippen LogP contribution is -2.18. The van der Waals surface area contributed by atoms with E-state index in [0.717, 1.165) is 18.5 Å². The molecule has 4 aromatic rings. The van der Waals surface area contributed by atoms with E-state index in [1.165, 1.54) is 7.11 Å². The van der Waals surface area contributed by atoms with Crippen molar-refractivity contribution in [3.05, 3.63) is 76.6 Å². The van der Waals surface area contributed by atoms with Gasteiger partial charge in [-0.05, 0) is 74.1 Å². The normalized spacial score (nSPS) is 10.7. The molecule has 1 aromatic heterocycles. The molecule has 1 heterocycles. The van der Waals surface area contributed by atoms with Gasteiger partial charge in [-0.2, -0.15) is 0 Å². The van der Waals surface area contributed by atoms with Crippen LogP contribution in [0.2, 0.25) is 0 Å². The van der Waals surface area contributed by atoms with Crippen LogP contribution in [-0.4, -0.2) is 47.4 Å². The summed E-state index contributed by atoms with van der Waals surface area (Å²) in [4.78, 5) is 26.0. The lowest BCUT2D eigenvalue weighted by Gasteiger charge is -2.13. The van der Waals surface area contributed by atoms with Gasteiger partial charge in [-0.1, -0.05) is 12.1 Å². The molecule has 0 saturated heterocycles. The van der Waals surface area contributed by atoms with E-state index in [9.17, 15) is 9.59 Å². The largest absolute Gasteiger partial charge is 0.497 e. The molecule has 3 aromatic carbocycles. The van der Waals surface area contributed by atoms with Crippen LogP contribution in [0.15, 0.2) is 69.9 Å². The van der Waals surface area contributed by atoms with Gasteiger partial charge in [0, 0.05) is 16.5 Å². The molecule has 0 radical (unpaired) electrons. The first-order valence-electron chi connectivity index (χ1n) is 12.0. The van der Waals surface area contributed by atoms with Gasteiger partial charge in [0.1, 0.15) is 17.2 Å². The van der Waals surface area contributed by atoms with Gasteiger partial charge in [0.2, 0.25) is 5.75 Å². The number of anilines is 1. The number of ether oxygens (including phenoxy) is 4. The van der Waals surface area contributed by atoms with Crippen molar-refractivity contribution in [3.8, 4) is 34.1 Å². The average molecular weight is 519 g/mol. The fraction of sp³-hybridized carbons (Fsp3) is 0.241. The Bertz CT molecular complexity index is 1500. The first kappa shape index (κ1) is 26.6. The highest BCUT2D eigenvalue weighted by Gasteiger charge is 2.18. The summed E-state index contributed by atoms with van der Waals surface area (Å²) in [7, 11) is 6.50. The predicted molar refractivity (Wildman–Crippen MR) is 146 cm³/mol. The summed E-state index contributed by atoms with van der Waals surface area (Å²) in [6.07, 6.45) is 0.803. The Kier molecular flexibility index (Phi) is 8.50. The molecular weight excluding hydrogens is 488 g/mol. The molecule has 0 fully saturated rings. The van der Waals surface area contributed by atoms with Gasteiger partial charge < -0.3 is 34.0 Å². The molecule has 0 spiro atoms. The summed E-state index contributed by atoms with van der Waals surface area (Å²) in [6.45, 7) is 1.28. The average Bonchev–Trinajstić information content (AvgIpc) is 2.95. The third-order valence-corrected chi connectivity index (χ3v) is 5.94. The van der Waals surface area contributed by atoms with Crippen molar-refractivity contribution in [2.45, 2.75) is 6.42 Å². The van der Waals surface area contributed by atoms with Gasteiger partial charge in [0.25, 0.3) is 5.91 Å². The van der Waals surface area contributed by atoms with E-state index < -0.39 is 11.5 Å². The zero-order chi connectivity index (χ0) is 27.1. The van der Waals surface area contributed by atoms with Crippen LogP contribution in [0.3, 0.4) is 0 Å². The van der Waals surface area contributed by atoms with Gasteiger partial charge >= 0.3 is 5.63 Å². The Labute approximate surface area is 220 Å². The van der Waals surface area contributed by atoms with E-state index in [2.05, 4.69) is 10.6 Å². The number of carbonyl (C=O) groups excluding carboxylic acids is 1. The summed E-state index contributed by atoms with van der Waals surface area (Å²) in [6, 6.07) is 17.5. The first-order chi connectivity index (χ1) is 18.5. The number of methoxy groups -OCH3 is 3. The number of nitrogens with one attached hydrogen (secondary N) is 2. The molecule has 0 aliphatic heterocycles. The van der Waals surface area contributed by atoms with Crippen LogP contribution in [0.4, 0.5) is 5.69 Å². The number of hydrogen-bond acceptors (Lipinski definition) is 8. The van der Waals surface area contributed by atoms with Gasteiger partial charge in [-0.15, -0.1) is 0 Å². The molecule has 9 heteroatoms. The van der Waals surface area contributed by atoms with E-state index in [4.69, 9.17) is 23.4 Å². The summed E-state index contributed by atoms with van der Waals surface area (Å²) in [5.74, 6) is 1.59. The monoisotopic (exact) mass is 518 g/mol. The highest BCUT2D eigenvalue weighted by molar-refractivity contribution is 6.06. The van der Waals surface area contributed by atoms with Crippen LogP contribution >= 0.6 is 0 Å². The second-order valence-corrected chi connectivity index (χ2v) is 8.37. The SMILES string of the molecule is CNCCCOc1ccc2cc(NC(=O)c3ccc(OC)c(-c4cccc(OC)c4)c3)c(=O)oc2c1OC. The maximum Gasteiger partial charge on any atom is 0.360 e. The highest BCUT2D eigenvalue weighted by atomic mass is 16.5. The summed E-state index contributed by atoms with van der Waals surface area (Å²) in [5.41, 5.74) is 1.40. The third-order valence-electron chi connectivity index (χ3n) is 5.94. The minimum Gasteiger partial charge on any atom is -0.497 e. The van der Waals surface area contributed by atoms with Crippen LogP contribution in [0.1, 0.15) is 16.8 Å². The minimum absolute atomic E-state index is 0.00555. The van der Waals surface area contributed by atoms with Gasteiger partial charge in [-0.3, -0.25) is 4.79 Å². The number of carbonyl (C=O) groups is 1. The standard InChI is InChI=1S/C29H30N2O7/c1-30-13-6-14-37-25-12-9-19-17-23(29(33)38-26(19)27(25)36-4)31-28(32)20-10-11-24(35-3)22(16-20)18-7-5-8-21(15-18)34-2/h5,7-12,15-17,30H,6,13-14H2,1-4H3,(H,31,32). The molecule has 0 aliphatic rings. The van der Waals surface area contributed by atoms with E-state index >= 15 is 0 Å². The molecule has 4 rings (SSSR count). The molecule has 1 amide bonds. The first-order valence-corrected chi connectivity index (χ1v) is 12.0. The van der Waals surface area contributed by atoms with E-state index in [1.807, 2.05) is 31.3 Å². The quantitative estimate of drug-likeness (QED) is 0.217. The predicted octanol–water partition coefficient (Wildman–Crippen LogP) is 4.73. The zero-order valence-corrected chi connectivity index (χ0v) is 21.8. The van der Waals surface area contributed by atoms with Crippen LogP contribution in [-0.2, 0) is 0 Å². The maximum absolute atomic E-state index is 13.2. The molecule has 0 atom stereocenters. The molecule has 0 unspecified atom stereocenters. The summed E-state index contributed by atoms with van der Waals surface area (Å²) < 4.78 is 27.6. The van der Waals surface area contributed by atoms with Crippen molar-refractivity contribution in [2.24, 2.45) is 0 Å². The Hall–Kier alpha value is -4.50. The third kappa shape index (κ3) is 5.73. The Balaban J connectivity index is 1.62. The minimum atomic E-state index is -0.710. The van der Waals surface area contributed by atoms with E-state index in [-0.39, 0.29) is 11.3 Å². The topological polar surface area (TPSA) is 108 Å². The molecule has 0 aliphatic carbocycles. The smallest absolute Gasteiger partial charge is 0.360 e. The molecule has 0 bridgehead atoms. The highest BCUT2D eigenvalue weighted by Crippen LogP contribution is 2.36. The number of hydrogen-bond donors (Lipinski definition) is 2. The number of benzene rings is 3. The number of fused-ring (bicyclic) bond motifs is 1. The fourth-order valence-corrected chi connectivity index (χ4v) is 4.03. The molecule has 198 valence electrons. The van der Waals surface area contributed by atoms with Gasteiger partial charge in [0.05, 0.1) is 27.9 Å². The van der Waals surface area contributed by atoms with Crippen LogP contribution in [0.5, 0.6) is 23.0 Å². The molecule has 2 N–H and O–H groups in total. The van der Waals surface area contributed by atoms with Crippen LogP contribution < -0.4 is 35.2 Å². The molecule has 0 saturated carbocycles. The molecule has 38 heavy (non-hydrogen) atoms. The van der Waals surface area contributed by atoms with Crippen molar-refractivity contribution in [2.75, 3.05) is 46.8 Å². The Morgan fingerprint density at radius 2 is 1.74 bits per heavy atom. The summed E-state index contributed by atoms with van der Waals surface area (Å²) >= 11 is 0. The molecule has 9 nitrogen and oxygen atoms in total. The van der Waals surface area contributed by atoms with Crippen molar-refractivity contribution < 1.29 is 28.2 Å². The van der Waals surface area contributed by atoms with Crippen LogP contribution in [0, 0.1) is 0 Å². The van der Waals surface area contributed by atoms with Crippen LogP contribution in [0.25, 0.3) is 22.1 Å². The van der Waals surface area contributed by atoms with Crippen molar-refractivity contribution in [1.29, 1.82) is 0 Å². The van der Waals surface area contributed by atoms with Crippen molar-refractivity contribution >= 4 is 22.6 Å². The van der Waals surface area contributed by atoms with Gasteiger partial charge in [0.15, 0.2) is 11.3 Å². The number of rotatable bonds is 11. The second kappa shape index (κ2) is 12.2. The lowest BCUT2D eigenvalue weighted by molar-refractivity contribution is 0.102. The second-order valence-electron chi connectivity index (χ2n) is 8.37. The fourth-order valence-electron chi connectivity index (χ4n) is 4.03. The Morgan fingerprint density at radius 1 is 0.921 bits per heavy atom. The van der Waals surface area contributed by atoms with Crippen molar-refractivity contribution in [1.82, 2.24) is 5.32 Å². The summed E-state index contributed by atoms with van der Waals surface area (Å²) in [5, 5.41) is 6.30. The lowest BCUT2D eigenvalue weighted by atomic mass is 10.0. The van der Waals surface area contributed by atoms with Gasteiger partial charge in [-0.25, -0.2) is 4.79 Å². The zero-order valence-electron chi connectivity index (χ0n) is 21.8. The van der Waals surface area contributed by atoms with Crippen molar-refractivity contribution in [3.63, 3.8) is 0 Å². The Morgan fingerprint density at radius 3 is 2.47 bits per heavy atom.